The predicted molar refractivity (Wildman–Crippen MR) is 69.0 cm³/mol. The number of nitrogens with two attached hydrogens (primary N) is 1. The number of carbonyl (C=O) groups is 1. The van der Waals surface area contributed by atoms with Crippen LogP contribution in [0.15, 0.2) is 54.3 Å². The third-order valence-electron chi connectivity index (χ3n) is 3.33. The normalized spacial score (nSPS) is 25.5. The Morgan fingerprint density at radius 1 is 1.32 bits per heavy atom. The summed E-state index contributed by atoms with van der Waals surface area (Å²) in [6.07, 6.45) is 3.60. The SMILES string of the molecule is NC(=O)C(O)(c1ccccc1)C1(O)C=CC(O)=CC1. The summed E-state index contributed by atoms with van der Waals surface area (Å²) in [6, 6.07) is 8.00. The van der Waals surface area contributed by atoms with Gasteiger partial charge in [-0.15, -0.1) is 0 Å². The maximum absolute atomic E-state index is 11.7. The molecule has 2 rings (SSSR count). The predicted octanol–water partition coefficient (Wildman–Crippen LogP) is 0.492. The molecule has 1 aliphatic carbocycles. The number of rotatable bonds is 3. The number of allylic oxidation sites excluding steroid dienone is 1. The summed E-state index contributed by atoms with van der Waals surface area (Å²) in [5.74, 6) is -1.09. The van der Waals surface area contributed by atoms with Crippen molar-refractivity contribution >= 4 is 5.91 Å². The number of amides is 1. The number of aliphatic hydroxyl groups is 3. The molecule has 1 amide bonds. The summed E-state index contributed by atoms with van der Waals surface area (Å²) in [7, 11) is 0. The van der Waals surface area contributed by atoms with E-state index in [0.29, 0.717) is 0 Å². The highest BCUT2D eigenvalue weighted by Crippen LogP contribution is 2.38. The Morgan fingerprint density at radius 3 is 2.42 bits per heavy atom. The van der Waals surface area contributed by atoms with Gasteiger partial charge in [-0.1, -0.05) is 30.3 Å². The molecule has 19 heavy (non-hydrogen) atoms. The summed E-state index contributed by atoms with van der Waals surface area (Å²) in [4.78, 5) is 11.7. The van der Waals surface area contributed by atoms with E-state index in [4.69, 9.17) is 5.73 Å². The lowest BCUT2D eigenvalue weighted by Gasteiger charge is -2.40. The van der Waals surface area contributed by atoms with Crippen LogP contribution >= 0.6 is 0 Å². The average Bonchev–Trinajstić information content (AvgIpc) is 2.42. The highest BCUT2D eigenvalue weighted by atomic mass is 16.4. The molecule has 2 unspecified atom stereocenters. The van der Waals surface area contributed by atoms with E-state index in [1.165, 1.54) is 30.4 Å². The maximum Gasteiger partial charge on any atom is 0.257 e. The van der Waals surface area contributed by atoms with E-state index >= 15 is 0 Å². The standard InChI is InChI=1S/C14H15NO4/c15-12(17)14(19,10-4-2-1-3-5-10)13(18)8-6-11(16)7-9-13/h1-8,16,18-19H,9H2,(H2,15,17). The lowest BCUT2D eigenvalue weighted by molar-refractivity contribution is -0.165. The largest absolute Gasteiger partial charge is 0.508 e. The van der Waals surface area contributed by atoms with Crippen LogP contribution in [0.4, 0.5) is 0 Å². The van der Waals surface area contributed by atoms with Gasteiger partial charge in [0.25, 0.3) is 5.91 Å². The smallest absolute Gasteiger partial charge is 0.257 e. The fourth-order valence-electron chi connectivity index (χ4n) is 2.17. The van der Waals surface area contributed by atoms with Crippen LogP contribution in [-0.2, 0) is 10.4 Å². The number of hydrogen-bond acceptors (Lipinski definition) is 4. The van der Waals surface area contributed by atoms with Crippen molar-refractivity contribution in [2.45, 2.75) is 17.6 Å². The van der Waals surface area contributed by atoms with Gasteiger partial charge in [0.1, 0.15) is 11.4 Å². The fourth-order valence-corrected chi connectivity index (χ4v) is 2.17. The molecule has 0 radical (unpaired) electrons. The van der Waals surface area contributed by atoms with Crippen molar-refractivity contribution in [1.82, 2.24) is 0 Å². The Hall–Kier alpha value is -2.11. The highest BCUT2D eigenvalue weighted by molar-refractivity contribution is 5.87. The minimum absolute atomic E-state index is 0.0374. The first-order valence-electron chi connectivity index (χ1n) is 5.79. The number of aliphatic hydroxyl groups excluding tert-OH is 1. The van der Waals surface area contributed by atoms with Crippen molar-refractivity contribution in [2.24, 2.45) is 5.73 Å². The minimum atomic E-state index is -2.26. The number of primary amides is 1. The van der Waals surface area contributed by atoms with Crippen LogP contribution < -0.4 is 5.73 Å². The Balaban J connectivity index is 2.53. The van der Waals surface area contributed by atoms with E-state index in [1.54, 1.807) is 18.2 Å². The molecule has 0 saturated carbocycles. The zero-order valence-electron chi connectivity index (χ0n) is 10.2. The van der Waals surface area contributed by atoms with Gasteiger partial charge in [0, 0.05) is 6.42 Å². The van der Waals surface area contributed by atoms with E-state index in [2.05, 4.69) is 0 Å². The van der Waals surface area contributed by atoms with Crippen molar-refractivity contribution in [3.63, 3.8) is 0 Å². The van der Waals surface area contributed by atoms with E-state index in [0.717, 1.165) is 0 Å². The van der Waals surface area contributed by atoms with E-state index in [-0.39, 0.29) is 17.7 Å². The molecule has 5 heteroatoms. The molecule has 100 valence electrons. The molecule has 5 N–H and O–H groups in total. The Morgan fingerprint density at radius 2 is 1.95 bits per heavy atom. The van der Waals surface area contributed by atoms with Crippen LogP contribution in [0.3, 0.4) is 0 Å². The third kappa shape index (κ3) is 2.03. The molecule has 0 spiro atoms. The summed E-state index contributed by atoms with van der Waals surface area (Å²) in [5, 5.41) is 30.5. The lowest BCUT2D eigenvalue weighted by atomic mass is 9.73. The van der Waals surface area contributed by atoms with Crippen LogP contribution in [-0.4, -0.2) is 26.8 Å². The van der Waals surface area contributed by atoms with Crippen LogP contribution in [0.1, 0.15) is 12.0 Å². The van der Waals surface area contributed by atoms with Gasteiger partial charge in [-0.3, -0.25) is 4.79 Å². The van der Waals surface area contributed by atoms with Crippen LogP contribution in [0.25, 0.3) is 0 Å². The monoisotopic (exact) mass is 261 g/mol. The molecule has 0 heterocycles. The molecule has 5 nitrogen and oxygen atoms in total. The first kappa shape index (κ1) is 13.3. The van der Waals surface area contributed by atoms with Gasteiger partial charge in [-0.25, -0.2) is 0 Å². The van der Waals surface area contributed by atoms with Gasteiger partial charge < -0.3 is 21.1 Å². The van der Waals surface area contributed by atoms with Crippen molar-refractivity contribution in [3.8, 4) is 0 Å². The fraction of sp³-hybridized carbons (Fsp3) is 0.214. The number of benzene rings is 1. The van der Waals surface area contributed by atoms with Crippen molar-refractivity contribution in [1.29, 1.82) is 0 Å². The van der Waals surface area contributed by atoms with Crippen LogP contribution in [0, 0.1) is 0 Å². The van der Waals surface area contributed by atoms with Crippen molar-refractivity contribution in [3.05, 3.63) is 59.9 Å². The second-order valence-corrected chi connectivity index (χ2v) is 4.53. The highest BCUT2D eigenvalue weighted by Gasteiger charge is 2.53. The molecule has 2 atom stereocenters. The molecule has 0 saturated heterocycles. The van der Waals surface area contributed by atoms with Gasteiger partial charge >= 0.3 is 0 Å². The molecule has 1 aromatic rings. The van der Waals surface area contributed by atoms with Crippen LogP contribution in [0.5, 0.6) is 0 Å². The Bertz CT molecular complexity index is 552. The number of carbonyl (C=O) groups excluding carboxylic acids is 1. The van der Waals surface area contributed by atoms with E-state index in [9.17, 15) is 20.1 Å². The second kappa shape index (κ2) is 4.53. The molecule has 0 aromatic heterocycles. The zero-order chi connectivity index (χ0) is 14.1. The maximum atomic E-state index is 11.7. The second-order valence-electron chi connectivity index (χ2n) is 4.53. The molecule has 1 aromatic carbocycles. The van der Waals surface area contributed by atoms with Gasteiger partial charge in [0.15, 0.2) is 0 Å². The summed E-state index contributed by atoms with van der Waals surface area (Å²) in [5.41, 5.74) is 1.33. The Kier molecular flexibility index (Phi) is 3.18. The summed E-state index contributed by atoms with van der Waals surface area (Å²) in [6.45, 7) is 0. The van der Waals surface area contributed by atoms with Crippen molar-refractivity contribution in [2.75, 3.05) is 0 Å². The number of hydrogen-bond donors (Lipinski definition) is 4. The van der Waals surface area contributed by atoms with Gasteiger partial charge in [-0.2, -0.15) is 0 Å². The van der Waals surface area contributed by atoms with E-state index in [1.807, 2.05) is 0 Å². The first-order valence-corrected chi connectivity index (χ1v) is 5.79. The average molecular weight is 261 g/mol. The topological polar surface area (TPSA) is 104 Å². The molecule has 1 aliphatic rings. The molecule has 0 aliphatic heterocycles. The van der Waals surface area contributed by atoms with Gasteiger partial charge in [-0.05, 0) is 23.8 Å². The minimum Gasteiger partial charge on any atom is -0.508 e. The summed E-state index contributed by atoms with van der Waals surface area (Å²) >= 11 is 0. The summed E-state index contributed by atoms with van der Waals surface area (Å²) < 4.78 is 0. The van der Waals surface area contributed by atoms with E-state index < -0.39 is 17.1 Å². The molecular formula is C14H15NO4. The third-order valence-corrected chi connectivity index (χ3v) is 3.33. The zero-order valence-corrected chi connectivity index (χ0v) is 10.2. The molecule has 0 fully saturated rings. The quantitative estimate of drug-likeness (QED) is 0.635. The molecular weight excluding hydrogens is 246 g/mol. The van der Waals surface area contributed by atoms with Gasteiger partial charge in [0.2, 0.25) is 5.60 Å². The van der Waals surface area contributed by atoms with Crippen molar-refractivity contribution < 1.29 is 20.1 Å². The van der Waals surface area contributed by atoms with Crippen LogP contribution in [0.2, 0.25) is 0 Å². The molecule has 0 bridgehead atoms. The van der Waals surface area contributed by atoms with Gasteiger partial charge in [0.05, 0.1) is 0 Å². The lowest BCUT2D eigenvalue weighted by Crippen LogP contribution is -2.58. The first-order chi connectivity index (χ1) is 8.90. The Labute approximate surface area is 110 Å².